The highest BCUT2D eigenvalue weighted by Crippen LogP contribution is 2.19. The fourth-order valence-corrected chi connectivity index (χ4v) is 2.62. The first-order chi connectivity index (χ1) is 9.38. The lowest BCUT2D eigenvalue weighted by Gasteiger charge is -2.12. The van der Waals surface area contributed by atoms with Crippen molar-refractivity contribution in [3.05, 3.63) is 51.6 Å². The molecule has 0 amide bonds. The van der Waals surface area contributed by atoms with Crippen molar-refractivity contribution in [1.29, 1.82) is 0 Å². The van der Waals surface area contributed by atoms with Gasteiger partial charge in [-0.15, -0.1) is 0 Å². The van der Waals surface area contributed by atoms with E-state index in [-0.39, 0.29) is 11.1 Å². The van der Waals surface area contributed by atoms with Gasteiger partial charge in [-0.1, -0.05) is 17.7 Å². The van der Waals surface area contributed by atoms with Crippen LogP contribution in [0.2, 0.25) is 5.02 Å². The Morgan fingerprint density at radius 2 is 2.05 bits per heavy atom. The maximum absolute atomic E-state index is 13.1. The Labute approximate surface area is 123 Å². The molecule has 0 spiro atoms. The zero-order valence-corrected chi connectivity index (χ0v) is 12.7. The summed E-state index contributed by atoms with van der Waals surface area (Å²) in [6, 6.07) is 4.70. The molecule has 3 nitrogen and oxygen atoms in total. The number of aromatic nitrogens is 2. The Morgan fingerprint density at radius 3 is 2.60 bits per heavy atom. The normalized spacial score (nSPS) is 12.7. The van der Waals surface area contributed by atoms with Crippen molar-refractivity contribution in [3.63, 3.8) is 0 Å². The highest BCUT2D eigenvalue weighted by Gasteiger charge is 2.14. The molecule has 0 aliphatic heterocycles. The van der Waals surface area contributed by atoms with E-state index in [1.165, 1.54) is 11.6 Å². The predicted molar refractivity (Wildman–Crippen MR) is 79.5 cm³/mol. The predicted octanol–water partition coefficient (Wildman–Crippen LogP) is 2.94. The quantitative estimate of drug-likeness (QED) is 0.942. The van der Waals surface area contributed by atoms with Gasteiger partial charge in [-0.2, -0.15) is 5.10 Å². The van der Waals surface area contributed by atoms with Gasteiger partial charge in [0.15, 0.2) is 0 Å². The molecule has 2 aromatic rings. The summed E-state index contributed by atoms with van der Waals surface area (Å²) in [5.74, 6) is -0.400. The van der Waals surface area contributed by atoms with E-state index in [2.05, 4.69) is 5.10 Å². The number of aryl methyl sites for hydroxylation is 2. The topological polar surface area (TPSA) is 43.8 Å². The molecule has 108 valence electrons. The minimum absolute atomic E-state index is 0.0434. The Kier molecular flexibility index (Phi) is 4.45. The van der Waals surface area contributed by atoms with Crippen molar-refractivity contribution in [3.8, 4) is 0 Å². The number of nitrogens with zero attached hydrogens (tertiary/aromatic N) is 2. The number of halogens is 2. The first kappa shape index (κ1) is 15.0. The molecule has 2 N–H and O–H groups in total. The van der Waals surface area contributed by atoms with Crippen molar-refractivity contribution in [2.45, 2.75) is 32.7 Å². The Bertz CT molecular complexity index is 622. The molecule has 5 heteroatoms. The first-order valence-electron chi connectivity index (χ1n) is 6.57. The molecule has 0 aliphatic carbocycles. The number of hydrogen-bond acceptors (Lipinski definition) is 2. The van der Waals surface area contributed by atoms with Crippen LogP contribution >= 0.6 is 11.6 Å². The van der Waals surface area contributed by atoms with Crippen LogP contribution in [0.3, 0.4) is 0 Å². The first-order valence-corrected chi connectivity index (χ1v) is 6.95. The molecule has 0 bridgehead atoms. The van der Waals surface area contributed by atoms with E-state index in [0.29, 0.717) is 6.42 Å². The lowest BCUT2D eigenvalue weighted by molar-refractivity contribution is 0.623. The summed E-state index contributed by atoms with van der Waals surface area (Å²) in [6.45, 7) is 4.03. The zero-order chi connectivity index (χ0) is 14.9. The molecule has 0 saturated carbocycles. The smallest absolute Gasteiger partial charge is 0.141 e. The third-order valence-corrected chi connectivity index (χ3v) is 3.90. The second-order valence-corrected chi connectivity index (χ2v) is 5.60. The van der Waals surface area contributed by atoms with Gasteiger partial charge in [0, 0.05) is 18.8 Å². The van der Waals surface area contributed by atoms with Gasteiger partial charge in [0.25, 0.3) is 0 Å². The van der Waals surface area contributed by atoms with Gasteiger partial charge in [0.2, 0.25) is 0 Å². The molecule has 0 radical (unpaired) electrons. The standard InChI is InChI=1S/C15H19ClFN3/c1-9-13(10(2)20(3)19-9)8-12(18)6-11-4-5-15(17)14(16)7-11/h4-5,7,12H,6,8,18H2,1-3H3. The van der Waals surface area contributed by atoms with E-state index in [0.717, 1.165) is 23.4 Å². The zero-order valence-electron chi connectivity index (χ0n) is 12.0. The van der Waals surface area contributed by atoms with E-state index >= 15 is 0 Å². The largest absolute Gasteiger partial charge is 0.327 e. The van der Waals surface area contributed by atoms with E-state index < -0.39 is 5.82 Å². The molecule has 1 aromatic heterocycles. The molecule has 1 atom stereocenters. The van der Waals surface area contributed by atoms with Crippen LogP contribution in [-0.4, -0.2) is 15.8 Å². The minimum atomic E-state index is -0.400. The fraction of sp³-hybridized carbons (Fsp3) is 0.400. The van der Waals surface area contributed by atoms with Crippen LogP contribution in [0.15, 0.2) is 18.2 Å². The second-order valence-electron chi connectivity index (χ2n) is 5.19. The summed E-state index contributed by atoms with van der Waals surface area (Å²) in [5.41, 5.74) is 10.5. The molecule has 1 heterocycles. The fourth-order valence-electron chi connectivity index (χ4n) is 2.42. The van der Waals surface area contributed by atoms with E-state index in [4.69, 9.17) is 17.3 Å². The van der Waals surface area contributed by atoms with Gasteiger partial charge < -0.3 is 5.73 Å². The molecular weight excluding hydrogens is 277 g/mol. The average molecular weight is 296 g/mol. The van der Waals surface area contributed by atoms with Crippen LogP contribution in [0.25, 0.3) is 0 Å². The van der Waals surface area contributed by atoms with Gasteiger partial charge in [-0.05, 0) is 49.9 Å². The summed E-state index contributed by atoms with van der Waals surface area (Å²) >= 11 is 5.78. The minimum Gasteiger partial charge on any atom is -0.327 e. The number of benzene rings is 1. The maximum atomic E-state index is 13.1. The summed E-state index contributed by atoms with van der Waals surface area (Å²) in [5, 5.41) is 4.53. The van der Waals surface area contributed by atoms with Gasteiger partial charge in [-0.3, -0.25) is 4.68 Å². The molecule has 1 aromatic carbocycles. The lowest BCUT2D eigenvalue weighted by atomic mass is 9.98. The monoisotopic (exact) mass is 295 g/mol. The molecule has 20 heavy (non-hydrogen) atoms. The van der Waals surface area contributed by atoms with Gasteiger partial charge in [0.05, 0.1) is 10.7 Å². The summed E-state index contributed by atoms with van der Waals surface area (Å²) in [7, 11) is 1.93. The summed E-state index contributed by atoms with van der Waals surface area (Å²) in [6.07, 6.45) is 1.41. The number of rotatable bonds is 4. The van der Waals surface area contributed by atoms with E-state index in [1.807, 2.05) is 25.6 Å². The third kappa shape index (κ3) is 3.19. The molecule has 1 unspecified atom stereocenters. The highest BCUT2D eigenvalue weighted by atomic mass is 35.5. The lowest BCUT2D eigenvalue weighted by Crippen LogP contribution is -2.26. The second kappa shape index (κ2) is 5.94. The molecule has 0 aliphatic rings. The summed E-state index contributed by atoms with van der Waals surface area (Å²) in [4.78, 5) is 0. The SMILES string of the molecule is Cc1nn(C)c(C)c1CC(N)Cc1ccc(F)c(Cl)c1. The van der Waals surface area contributed by atoms with Crippen molar-refractivity contribution < 1.29 is 4.39 Å². The van der Waals surface area contributed by atoms with Crippen molar-refractivity contribution in [2.75, 3.05) is 0 Å². The van der Waals surface area contributed by atoms with Gasteiger partial charge in [0.1, 0.15) is 5.82 Å². The molecule has 0 fully saturated rings. The van der Waals surface area contributed by atoms with Crippen LogP contribution in [0.5, 0.6) is 0 Å². The van der Waals surface area contributed by atoms with Gasteiger partial charge >= 0.3 is 0 Å². The highest BCUT2D eigenvalue weighted by molar-refractivity contribution is 6.30. The van der Waals surface area contributed by atoms with Crippen molar-refractivity contribution in [1.82, 2.24) is 9.78 Å². The van der Waals surface area contributed by atoms with Crippen LogP contribution in [0, 0.1) is 19.7 Å². The summed E-state index contributed by atoms with van der Waals surface area (Å²) < 4.78 is 15.0. The maximum Gasteiger partial charge on any atom is 0.141 e. The van der Waals surface area contributed by atoms with Crippen molar-refractivity contribution in [2.24, 2.45) is 12.8 Å². The molecule has 0 saturated heterocycles. The molecular formula is C15H19ClFN3. The average Bonchev–Trinajstić information content (AvgIpc) is 2.61. The van der Waals surface area contributed by atoms with E-state index in [9.17, 15) is 4.39 Å². The van der Waals surface area contributed by atoms with Crippen LogP contribution in [0.4, 0.5) is 4.39 Å². The van der Waals surface area contributed by atoms with Crippen molar-refractivity contribution >= 4 is 11.6 Å². The number of hydrogen-bond donors (Lipinski definition) is 1. The number of nitrogens with two attached hydrogens (primary N) is 1. The molecule has 2 rings (SSSR count). The Balaban J connectivity index is 2.08. The third-order valence-electron chi connectivity index (χ3n) is 3.61. The van der Waals surface area contributed by atoms with Crippen LogP contribution in [0.1, 0.15) is 22.5 Å². The van der Waals surface area contributed by atoms with E-state index in [1.54, 1.807) is 12.1 Å². The van der Waals surface area contributed by atoms with Crippen LogP contribution in [-0.2, 0) is 19.9 Å². The van der Waals surface area contributed by atoms with Crippen LogP contribution < -0.4 is 5.73 Å². The Hall–Kier alpha value is -1.39. The Morgan fingerprint density at radius 1 is 1.35 bits per heavy atom. The van der Waals surface area contributed by atoms with Gasteiger partial charge in [-0.25, -0.2) is 4.39 Å².